The average Bonchev–Trinajstić information content (AvgIpc) is 2.38. The number of halogens is 3. The van der Waals surface area contributed by atoms with Crippen LogP contribution < -0.4 is 5.32 Å². The van der Waals surface area contributed by atoms with Crippen molar-refractivity contribution >= 4 is 11.5 Å². The highest BCUT2D eigenvalue weighted by molar-refractivity contribution is 5.65. The molecule has 0 bridgehead atoms. The summed E-state index contributed by atoms with van der Waals surface area (Å²) in [5.41, 5.74) is 1.58. The van der Waals surface area contributed by atoms with E-state index in [2.05, 4.69) is 10.3 Å². The Morgan fingerprint density at radius 1 is 1.14 bits per heavy atom. The molecule has 1 heterocycles. The minimum Gasteiger partial charge on any atom is -0.339 e. The van der Waals surface area contributed by atoms with Gasteiger partial charge < -0.3 is 5.32 Å². The second-order valence-corrected chi connectivity index (χ2v) is 4.62. The molecule has 0 radical (unpaired) electrons. The van der Waals surface area contributed by atoms with Crippen LogP contribution in [0.15, 0.2) is 30.3 Å². The van der Waals surface area contributed by atoms with Crippen LogP contribution >= 0.6 is 0 Å². The first kappa shape index (κ1) is 14.9. The van der Waals surface area contributed by atoms with E-state index in [1.165, 1.54) is 12.1 Å². The van der Waals surface area contributed by atoms with E-state index in [9.17, 15) is 13.2 Å². The average molecular weight is 291 g/mol. The van der Waals surface area contributed by atoms with E-state index < -0.39 is 11.7 Å². The standard InChI is InChI=1S/C15H12F3N3/c1-9-7-10(2)20-14(13(9)8-19)21-12-5-3-11(4-6-12)15(16,17)18/h3-7H,1-2H3,(H,20,21). The Kier molecular flexibility index (Phi) is 3.85. The Balaban J connectivity index is 2.33. The molecule has 0 saturated carbocycles. The summed E-state index contributed by atoms with van der Waals surface area (Å²) >= 11 is 0. The van der Waals surface area contributed by atoms with Crippen molar-refractivity contribution < 1.29 is 13.2 Å². The molecule has 0 aliphatic heterocycles. The molecule has 21 heavy (non-hydrogen) atoms. The van der Waals surface area contributed by atoms with E-state index in [1.807, 2.05) is 6.07 Å². The van der Waals surface area contributed by atoms with Crippen LogP contribution in [0.2, 0.25) is 0 Å². The van der Waals surface area contributed by atoms with Gasteiger partial charge in [-0.1, -0.05) is 0 Å². The van der Waals surface area contributed by atoms with Crippen molar-refractivity contribution in [2.45, 2.75) is 20.0 Å². The summed E-state index contributed by atoms with van der Waals surface area (Å²) in [5, 5.41) is 12.0. The van der Waals surface area contributed by atoms with Crippen molar-refractivity contribution in [3.8, 4) is 6.07 Å². The number of hydrogen-bond donors (Lipinski definition) is 1. The van der Waals surface area contributed by atoms with Crippen LogP contribution in [-0.2, 0) is 6.18 Å². The molecule has 0 aliphatic carbocycles. The number of anilines is 2. The van der Waals surface area contributed by atoms with Gasteiger partial charge in [0.15, 0.2) is 0 Å². The quantitative estimate of drug-likeness (QED) is 0.895. The Hall–Kier alpha value is -2.55. The molecule has 3 nitrogen and oxygen atoms in total. The summed E-state index contributed by atoms with van der Waals surface area (Å²) in [7, 11) is 0. The number of rotatable bonds is 2. The number of aryl methyl sites for hydroxylation is 2. The maximum Gasteiger partial charge on any atom is 0.416 e. The van der Waals surface area contributed by atoms with Crippen LogP contribution in [0.3, 0.4) is 0 Å². The Labute approximate surface area is 120 Å². The molecular formula is C15H12F3N3. The number of benzene rings is 1. The molecule has 1 aromatic heterocycles. The summed E-state index contributed by atoms with van der Waals surface area (Å²) in [6, 6.07) is 8.40. The van der Waals surface area contributed by atoms with Gasteiger partial charge in [0.25, 0.3) is 0 Å². The van der Waals surface area contributed by atoms with Crippen LogP contribution in [0.25, 0.3) is 0 Å². The van der Waals surface area contributed by atoms with Gasteiger partial charge in [-0.3, -0.25) is 0 Å². The number of hydrogen-bond acceptors (Lipinski definition) is 3. The number of nitrogens with zero attached hydrogens (tertiary/aromatic N) is 2. The third kappa shape index (κ3) is 3.31. The number of nitriles is 1. The molecule has 1 aromatic carbocycles. The number of alkyl halides is 3. The highest BCUT2D eigenvalue weighted by atomic mass is 19.4. The molecule has 108 valence electrons. The third-order valence-corrected chi connectivity index (χ3v) is 2.93. The predicted octanol–water partition coefficient (Wildman–Crippen LogP) is 4.33. The first-order valence-electron chi connectivity index (χ1n) is 6.14. The van der Waals surface area contributed by atoms with Crippen molar-refractivity contribution in [3.63, 3.8) is 0 Å². The summed E-state index contributed by atoms with van der Waals surface area (Å²) < 4.78 is 37.5. The van der Waals surface area contributed by atoms with E-state index >= 15 is 0 Å². The number of pyridine rings is 1. The fourth-order valence-corrected chi connectivity index (χ4v) is 1.95. The molecular weight excluding hydrogens is 279 g/mol. The van der Waals surface area contributed by atoms with Crippen LogP contribution in [0.4, 0.5) is 24.7 Å². The van der Waals surface area contributed by atoms with E-state index in [4.69, 9.17) is 5.26 Å². The van der Waals surface area contributed by atoms with Gasteiger partial charge >= 0.3 is 6.18 Å². The van der Waals surface area contributed by atoms with Crippen molar-refractivity contribution in [2.24, 2.45) is 0 Å². The lowest BCUT2D eigenvalue weighted by atomic mass is 10.1. The Morgan fingerprint density at radius 2 is 1.76 bits per heavy atom. The predicted molar refractivity (Wildman–Crippen MR) is 73.2 cm³/mol. The van der Waals surface area contributed by atoms with Gasteiger partial charge in [-0.2, -0.15) is 18.4 Å². The SMILES string of the molecule is Cc1cc(C)c(C#N)c(Nc2ccc(C(F)(F)F)cc2)n1. The van der Waals surface area contributed by atoms with Crippen LogP contribution in [0.5, 0.6) is 0 Å². The molecule has 0 atom stereocenters. The smallest absolute Gasteiger partial charge is 0.339 e. The van der Waals surface area contributed by atoms with E-state index in [-0.39, 0.29) is 0 Å². The third-order valence-electron chi connectivity index (χ3n) is 2.93. The van der Waals surface area contributed by atoms with Crippen LogP contribution in [0.1, 0.15) is 22.4 Å². The minimum absolute atomic E-state index is 0.342. The molecule has 0 unspecified atom stereocenters. The zero-order chi connectivity index (χ0) is 15.6. The Bertz CT molecular complexity index is 698. The maximum absolute atomic E-state index is 12.5. The van der Waals surface area contributed by atoms with E-state index in [0.717, 1.165) is 23.4 Å². The molecule has 0 fully saturated rings. The summed E-state index contributed by atoms with van der Waals surface area (Å²) in [6.07, 6.45) is -4.37. The van der Waals surface area contributed by atoms with Gasteiger partial charge in [0, 0.05) is 11.4 Å². The number of nitrogens with one attached hydrogen (secondary N) is 1. The fourth-order valence-electron chi connectivity index (χ4n) is 1.95. The van der Waals surface area contributed by atoms with E-state index in [0.29, 0.717) is 17.1 Å². The zero-order valence-corrected chi connectivity index (χ0v) is 11.4. The van der Waals surface area contributed by atoms with Gasteiger partial charge in [0.1, 0.15) is 11.9 Å². The minimum atomic E-state index is -4.37. The van der Waals surface area contributed by atoms with Crippen molar-refractivity contribution in [2.75, 3.05) is 5.32 Å². The second-order valence-electron chi connectivity index (χ2n) is 4.62. The van der Waals surface area contributed by atoms with Crippen molar-refractivity contribution in [3.05, 3.63) is 52.7 Å². The molecule has 0 amide bonds. The number of aromatic nitrogens is 1. The lowest BCUT2D eigenvalue weighted by molar-refractivity contribution is -0.137. The zero-order valence-electron chi connectivity index (χ0n) is 11.4. The lowest BCUT2D eigenvalue weighted by Gasteiger charge is -2.11. The highest BCUT2D eigenvalue weighted by Gasteiger charge is 2.29. The van der Waals surface area contributed by atoms with Gasteiger partial charge in [-0.25, -0.2) is 4.98 Å². The summed E-state index contributed by atoms with van der Waals surface area (Å²) in [4.78, 5) is 4.22. The highest BCUT2D eigenvalue weighted by Crippen LogP contribution is 2.30. The van der Waals surface area contributed by atoms with E-state index in [1.54, 1.807) is 19.9 Å². The molecule has 6 heteroatoms. The summed E-state index contributed by atoms with van der Waals surface area (Å²) in [6.45, 7) is 3.57. The molecule has 2 aromatic rings. The molecule has 0 aliphatic rings. The normalized spacial score (nSPS) is 11.0. The summed E-state index contributed by atoms with van der Waals surface area (Å²) in [5.74, 6) is 0.342. The molecule has 0 spiro atoms. The van der Waals surface area contributed by atoms with Gasteiger partial charge in [0.2, 0.25) is 0 Å². The first-order valence-corrected chi connectivity index (χ1v) is 6.14. The fraction of sp³-hybridized carbons (Fsp3) is 0.200. The van der Waals surface area contributed by atoms with Crippen molar-refractivity contribution in [1.82, 2.24) is 4.98 Å². The van der Waals surface area contributed by atoms with Crippen LogP contribution in [0, 0.1) is 25.2 Å². The molecule has 0 saturated heterocycles. The van der Waals surface area contributed by atoms with Gasteiger partial charge in [-0.15, -0.1) is 0 Å². The van der Waals surface area contributed by atoms with Gasteiger partial charge in [0.05, 0.1) is 11.1 Å². The first-order chi connectivity index (χ1) is 9.81. The van der Waals surface area contributed by atoms with Crippen molar-refractivity contribution in [1.29, 1.82) is 5.26 Å². The van der Waals surface area contributed by atoms with Gasteiger partial charge in [-0.05, 0) is 49.7 Å². The topological polar surface area (TPSA) is 48.7 Å². The molecule has 1 N–H and O–H groups in total. The maximum atomic E-state index is 12.5. The molecule has 2 rings (SSSR count). The largest absolute Gasteiger partial charge is 0.416 e. The monoisotopic (exact) mass is 291 g/mol. The van der Waals surface area contributed by atoms with Crippen LogP contribution in [-0.4, -0.2) is 4.98 Å². The second kappa shape index (κ2) is 5.44. The lowest BCUT2D eigenvalue weighted by Crippen LogP contribution is -2.05. The Morgan fingerprint density at radius 3 is 2.29 bits per heavy atom.